The Hall–Kier alpha value is -1.39. The van der Waals surface area contributed by atoms with Gasteiger partial charge in [0.25, 0.3) is 0 Å². The van der Waals surface area contributed by atoms with Crippen molar-refractivity contribution in [1.82, 2.24) is 15.0 Å². The number of aliphatic hydroxyl groups excluding tert-OH is 1. The minimum atomic E-state index is -0.329. The second-order valence-electron chi connectivity index (χ2n) is 4.64. The molecule has 5 heteroatoms. The molecule has 1 fully saturated rings. The summed E-state index contributed by atoms with van der Waals surface area (Å²) in [5.74, 6) is 0. The number of nitrogens with zero attached hydrogens (tertiary/aromatic N) is 3. The van der Waals surface area contributed by atoms with Gasteiger partial charge in [0.1, 0.15) is 0 Å². The lowest BCUT2D eigenvalue weighted by molar-refractivity contribution is 0.130. The number of hydrogen-bond donors (Lipinski definition) is 1. The topological polar surface area (TPSA) is 50.9 Å². The van der Waals surface area contributed by atoms with Gasteiger partial charge in [0.15, 0.2) is 0 Å². The maximum Gasteiger partial charge on any atom is 0.0890 e. The molecule has 18 heavy (non-hydrogen) atoms. The Morgan fingerprint density at radius 2 is 2.22 bits per heavy atom. The molecule has 1 aromatic heterocycles. The van der Waals surface area contributed by atoms with Gasteiger partial charge in [0.2, 0.25) is 0 Å². The van der Waals surface area contributed by atoms with E-state index in [1.165, 1.54) is 0 Å². The average Bonchev–Trinajstić information content (AvgIpc) is 2.96. The quantitative estimate of drug-likeness (QED) is 0.906. The lowest BCUT2D eigenvalue weighted by Crippen LogP contribution is -2.20. The maximum absolute atomic E-state index is 9.97. The highest BCUT2D eigenvalue weighted by Crippen LogP contribution is 2.33. The fourth-order valence-corrected chi connectivity index (χ4v) is 2.74. The molecule has 2 atom stereocenters. The standard InChI is InChI=1S/C13H14ClN3O/c14-10-4-1-3-9(7-10)12-8-15-16-17(12)11-5-2-6-13(11)18/h1,3-4,7-8,11,13,18H,2,5-6H2. The van der Waals surface area contributed by atoms with E-state index >= 15 is 0 Å². The lowest BCUT2D eigenvalue weighted by atomic mass is 10.1. The molecule has 2 unspecified atom stereocenters. The molecule has 1 aliphatic carbocycles. The van der Waals surface area contributed by atoms with Gasteiger partial charge in [-0.2, -0.15) is 0 Å². The van der Waals surface area contributed by atoms with Crippen molar-refractivity contribution in [2.45, 2.75) is 31.4 Å². The van der Waals surface area contributed by atoms with Crippen LogP contribution in [-0.2, 0) is 0 Å². The van der Waals surface area contributed by atoms with Crippen molar-refractivity contribution in [1.29, 1.82) is 0 Å². The number of benzene rings is 1. The Bertz CT molecular complexity index is 555. The number of hydrogen-bond acceptors (Lipinski definition) is 3. The minimum Gasteiger partial charge on any atom is -0.391 e. The fraction of sp³-hybridized carbons (Fsp3) is 0.385. The molecular weight excluding hydrogens is 250 g/mol. The SMILES string of the molecule is OC1CCCC1n1nncc1-c1cccc(Cl)c1. The van der Waals surface area contributed by atoms with Crippen LogP contribution >= 0.6 is 11.6 Å². The summed E-state index contributed by atoms with van der Waals surface area (Å²) in [5.41, 5.74) is 1.88. The van der Waals surface area contributed by atoms with Crippen molar-refractivity contribution in [2.75, 3.05) is 0 Å². The lowest BCUT2D eigenvalue weighted by Gasteiger charge is -2.17. The molecule has 1 N–H and O–H groups in total. The van der Waals surface area contributed by atoms with E-state index in [-0.39, 0.29) is 12.1 Å². The number of rotatable bonds is 2. The van der Waals surface area contributed by atoms with E-state index in [4.69, 9.17) is 11.6 Å². The third kappa shape index (κ3) is 2.02. The molecule has 0 aliphatic heterocycles. The molecule has 0 saturated heterocycles. The Kier molecular flexibility index (Phi) is 3.06. The summed E-state index contributed by atoms with van der Waals surface area (Å²) in [5, 5.41) is 18.7. The van der Waals surface area contributed by atoms with Crippen LogP contribution in [0.1, 0.15) is 25.3 Å². The largest absolute Gasteiger partial charge is 0.391 e. The molecule has 1 aliphatic rings. The van der Waals surface area contributed by atoms with Crippen LogP contribution in [-0.4, -0.2) is 26.2 Å². The van der Waals surface area contributed by atoms with E-state index in [2.05, 4.69) is 10.3 Å². The second-order valence-corrected chi connectivity index (χ2v) is 5.08. The summed E-state index contributed by atoms with van der Waals surface area (Å²) >= 11 is 6.00. The zero-order valence-corrected chi connectivity index (χ0v) is 10.6. The van der Waals surface area contributed by atoms with Crippen LogP contribution in [0.5, 0.6) is 0 Å². The van der Waals surface area contributed by atoms with Crippen LogP contribution in [0.4, 0.5) is 0 Å². The first-order valence-corrected chi connectivity index (χ1v) is 6.48. The molecule has 0 bridgehead atoms. The maximum atomic E-state index is 9.97. The van der Waals surface area contributed by atoms with E-state index in [0.29, 0.717) is 5.02 Å². The van der Waals surface area contributed by atoms with Crippen LogP contribution in [0, 0.1) is 0 Å². The Balaban J connectivity index is 2.01. The number of aliphatic hydroxyl groups is 1. The van der Waals surface area contributed by atoms with Gasteiger partial charge in [-0.1, -0.05) is 28.9 Å². The summed E-state index contributed by atoms with van der Waals surface area (Å²) in [6.45, 7) is 0. The van der Waals surface area contributed by atoms with E-state index in [1.54, 1.807) is 6.20 Å². The van der Waals surface area contributed by atoms with Crippen molar-refractivity contribution < 1.29 is 5.11 Å². The number of aromatic nitrogens is 3. The highest BCUT2D eigenvalue weighted by atomic mass is 35.5. The zero-order valence-electron chi connectivity index (χ0n) is 9.83. The fourth-order valence-electron chi connectivity index (χ4n) is 2.55. The van der Waals surface area contributed by atoms with Gasteiger partial charge in [0.05, 0.1) is 24.0 Å². The Labute approximate surface area is 110 Å². The van der Waals surface area contributed by atoms with Crippen molar-refractivity contribution in [3.05, 3.63) is 35.5 Å². The molecule has 3 rings (SSSR count). The van der Waals surface area contributed by atoms with E-state index in [0.717, 1.165) is 30.5 Å². The van der Waals surface area contributed by atoms with E-state index in [1.807, 2.05) is 28.9 Å². The van der Waals surface area contributed by atoms with Gasteiger partial charge < -0.3 is 5.11 Å². The van der Waals surface area contributed by atoms with Gasteiger partial charge in [-0.05, 0) is 31.4 Å². The van der Waals surface area contributed by atoms with Gasteiger partial charge >= 0.3 is 0 Å². The first kappa shape index (κ1) is 11.7. The van der Waals surface area contributed by atoms with Gasteiger partial charge in [0, 0.05) is 10.6 Å². The Morgan fingerprint density at radius 3 is 2.94 bits per heavy atom. The van der Waals surface area contributed by atoms with E-state index in [9.17, 15) is 5.11 Å². The predicted octanol–water partition coefficient (Wildman–Crippen LogP) is 2.68. The summed E-state index contributed by atoms with van der Waals surface area (Å²) in [4.78, 5) is 0. The van der Waals surface area contributed by atoms with Crippen LogP contribution in [0.25, 0.3) is 11.3 Å². The third-order valence-corrected chi connectivity index (χ3v) is 3.69. The molecule has 2 aromatic rings. The minimum absolute atomic E-state index is 0.0291. The summed E-state index contributed by atoms with van der Waals surface area (Å²) in [6.07, 6.45) is 4.19. The first-order valence-electron chi connectivity index (χ1n) is 6.10. The summed E-state index contributed by atoms with van der Waals surface area (Å²) in [6, 6.07) is 7.63. The molecule has 1 saturated carbocycles. The molecule has 94 valence electrons. The smallest absolute Gasteiger partial charge is 0.0890 e. The molecule has 1 aromatic carbocycles. The van der Waals surface area contributed by atoms with Crippen LogP contribution in [0.15, 0.2) is 30.5 Å². The first-order chi connectivity index (χ1) is 8.75. The van der Waals surface area contributed by atoms with Crippen molar-refractivity contribution in [3.8, 4) is 11.3 Å². The molecule has 0 spiro atoms. The monoisotopic (exact) mass is 263 g/mol. The molecule has 0 radical (unpaired) electrons. The highest BCUT2D eigenvalue weighted by molar-refractivity contribution is 6.30. The van der Waals surface area contributed by atoms with Gasteiger partial charge in [-0.15, -0.1) is 5.10 Å². The average molecular weight is 264 g/mol. The highest BCUT2D eigenvalue weighted by Gasteiger charge is 2.29. The zero-order chi connectivity index (χ0) is 12.5. The van der Waals surface area contributed by atoms with Crippen molar-refractivity contribution >= 4 is 11.6 Å². The van der Waals surface area contributed by atoms with E-state index < -0.39 is 0 Å². The number of halogens is 1. The van der Waals surface area contributed by atoms with Crippen molar-refractivity contribution in [3.63, 3.8) is 0 Å². The van der Waals surface area contributed by atoms with Crippen LogP contribution in [0.2, 0.25) is 5.02 Å². The van der Waals surface area contributed by atoms with Gasteiger partial charge in [-0.25, -0.2) is 4.68 Å². The summed E-state index contributed by atoms with van der Waals surface area (Å²) < 4.78 is 1.82. The van der Waals surface area contributed by atoms with Crippen LogP contribution in [0.3, 0.4) is 0 Å². The molecular formula is C13H14ClN3O. The van der Waals surface area contributed by atoms with Crippen LogP contribution < -0.4 is 0 Å². The summed E-state index contributed by atoms with van der Waals surface area (Å²) in [7, 11) is 0. The molecule has 1 heterocycles. The normalized spacial score (nSPS) is 23.4. The second kappa shape index (κ2) is 4.71. The van der Waals surface area contributed by atoms with Crippen molar-refractivity contribution in [2.24, 2.45) is 0 Å². The Morgan fingerprint density at radius 1 is 1.33 bits per heavy atom. The molecule has 4 nitrogen and oxygen atoms in total. The third-order valence-electron chi connectivity index (χ3n) is 3.45. The molecule has 0 amide bonds. The predicted molar refractivity (Wildman–Crippen MR) is 69.4 cm³/mol. The van der Waals surface area contributed by atoms with Gasteiger partial charge in [-0.3, -0.25) is 0 Å².